The van der Waals surface area contributed by atoms with Crippen LogP contribution >= 0.6 is 11.3 Å². The van der Waals surface area contributed by atoms with Crippen LogP contribution in [-0.2, 0) is 20.8 Å². The SMILES string of the molecule is C=CCOC(=O)/C(C#N)=c1\sc(=Cc2ccc(C(=O)OC)cc2)c(=O)n1CC. The molecule has 0 bridgehead atoms. The summed E-state index contributed by atoms with van der Waals surface area (Å²) in [4.78, 5) is 36.3. The van der Waals surface area contributed by atoms with Crippen molar-refractivity contribution in [3.63, 3.8) is 0 Å². The van der Waals surface area contributed by atoms with E-state index in [0.717, 1.165) is 11.3 Å². The van der Waals surface area contributed by atoms with Gasteiger partial charge in [-0.15, -0.1) is 11.3 Å². The second-order valence-corrected chi connectivity index (χ2v) is 6.48. The third-order valence-corrected chi connectivity index (χ3v) is 4.85. The summed E-state index contributed by atoms with van der Waals surface area (Å²) in [6.07, 6.45) is 3.03. The highest BCUT2D eigenvalue weighted by atomic mass is 32.1. The summed E-state index contributed by atoms with van der Waals surface area (Å²) < 4.78 is 11.5. The first-order valence-electron chi connectivity index (χ1n) is 8.29. The van der Waals surface area contributed by atoms with Crippen molar-refractivity contribution in [1.29, 1.82) is 5.26 Å². The van der Waals surface area contributed by atoms with Crippen LogP contribution in [0, 0.1) is 11.3 Å². The van der Waals surface area contributed by atoms with Gasteiger partial charge in [-0.05, 0) is 30.7 Å². The van der Waals surface area contributed by atoms with Crippen molar-refractivity contribution in [1.82, 2.24) is 4.57 Å². The molecule has 1 aromatic carbocycles. The highest BCUT2D eigenvalue weighted by Crippen LogP contribution is 2.06. The van der Waals surface area contributed by atoms with E-state index in [1.54, 1.807) is 37.3 Å². The Hall–Kier alpha value is -3.44. The minimum absolute atomic E-state index is 0.0305. The minimum Gasteiger partial charge on any atom is -0.465 e. The van der Waals surface area contributed by atoms with Gasteiger partial charge in [-0.3, -0.25) is 9.36 Å². The average Bonchev–Trinajstić information content (AvgIpc) is 3.01. The number of aromatic nitrogens is 1. The summed E-state index contributed by atoms with van der Waals surface area (Å²) in [6.45, 7) is 5.46. The number of benzene rings is 1. The molecule has 0 fully saturated rings. The lowest BCUT2D eigenvalue weighted by atomic mass is 10.1. The maximum atomic E-state index is 12.7. The molecule has 1 aromatic heterocycles. The number of hydrogen-bond donors (Lipinski definition) is 0. The van der Waals surface area contributed by atoms with Gasteiger partial charge >= 0.3 is 11.9 Å². The maximum Gasteiger partial charge on any atom is 0.352 e. The molecule has 7 nitrogen and oxygen atoms in total. The summed E-state index contributed by atoms with van der Waals surface area (Å²) >= 11 is 1.03. The van der Waals surface area contributed by atoms with Crippen molar-refractivity contribution in [3.8, 4) is 6.07 Å². The van der Waals surface area contributed by atoms with Gasteiger partial charge in [-0.2, -0.15) is 5.26 Å². The predicted molar refractivity (Wildman–Crippen MR) is 105 cm³/mol. The molecule has 0 aliphatic heterocycles. The Balaban J connectivity index is 2.61. The quantitative estimate of drug-likeness (QED) is 0.531. The van der Waals surface area contributed by atoms with Crippen molar-refractivity contribution < 1.29 is 19.1 Å². The first kappa shape index (κ1) is 20.9. The first-order chi connectivity index (χ1) is 13.5. The zero-order valence-corrected chi connectivity index (χ0v) is 16.2. The standard InChI is InChI=1S/C20H18N2O5S/c1-4-10-27-20(25)15(12-21)18-22(5-2)17(23)16(28-18)11-13-6-8-14(9-7-13)19(24)26-3/h4,6-9,11H,1,5,10H2,2-3H3/b16-11?,18-15-. The Bertz CT molecular complexity index is 1120. The Morgan fingerprint density at radius 1 is 1.32 bits per heavy atom. The lowest BCUT2D eigenvalue weighted by Crippen LogP contribution is -2.32. The zero-order chi connectivity index (χ0) is 20.7. The largest absolute Gasteiger partial charge is 0.465 e. The number of esters is 2. The number of ether oxygens (including phenoxy) is 2. The Kier molecular flexibility index (Phi) is 7.07. The molecule has 0 spiro atoms. The van der Waals surface area contributed by atoms with E-state index in [9.17, 15) is 19.6 Å². The molecular formula is C20H18N2O5S. The summed E-state index contributed by atoms with van der Waals surface area (Å²) in [5, 5.41) is 9.39. The van der Waals surface area contributed by atoms with Gasteiger partial charge in [0.2, 0.25) is 0 Å². The number of thiazole rings is 1. The average molecular weight is 398 g/mol. The number of nitrogens with zero attached hydrogens (tertiary/aromatic N) is 2. The molecule has 0 N–H and O–H groups in total. The second kappa shape index (κ2) is 9.48. The van der Waals surface area contributed by atoms with Crippen LogP contribution in [0.3, 0.4) is 0 Å². The van der Waals surface area contributed by atoms with Crippen LogP contribution in [-0.4, -0.2) is 30.2 Å². The Morgan fingerprint density at radius 3 is 2.54 bits per heavy atom. The van der Waals surface area contributed by atoms with Crippen LogP contribution in [0.15, 0.2) is 41.7 Å². The molecule has 0 atom stereocenters. The molecule has 1 heterocycles. The van der Waals surface area contributed by atoms with Crippen LogP contribution in [0.1, 0.15) is 22.8 Å². The van der Waals surface area contributed by atoms with Gasteiger partial charge < -0.3 is 9.47 Å². The summed E-state index contributed by atoms with van der Waals surface area (Å²) in [5.74, 6) is -1.26. The molecule has 28 heavy (non-hydrogen) atoms. The van der Waals surface area contributed by atoms with E-state index in [0.29, 0.717) is 22.2 Å². The molecule has 144 valence electrons. The fourth-order valence-corrected chi connectivity index (χ4v) is 3.52. The van der Waals surface area contributed by atoms with Gasteiger partial charge in [0.15, 0.2) is 5.57 Å². The molecule has 0 radical (unpaired) electrons. The first-order valence-corrected chi connectivity index (χ1v) is 9.10. The number of carbonyl (C=O) groups is 2. The van der Waals surface area contributed by atoms with Gasteiger partial charge in [0.25, 0.3) is 5.56 Å². The monoisotopic (exact) mass is 398 g/mol. The maximum absolute atomic E-state index is 12.7. The van der Waals surface area contributed by atoms with E-state index in [2.05, 4.69) is 11.3 Å². The molecule has 2 rings (SSSR count). The zero-order valence-electron chi connectivity index (χ0n) is 15.4. The summed E-state index contributed by atoms with van der Waals surface area (Å²) in [7, 11) is 1.30. The molecule has 0 aliphatic carbocycles. The second-order valence-electron chi connectivity index (χ2n) is 5.45. The van der Waals surface area contributed by atoms with Crippen molar-refractivity contribution in [2.24, 2.45) is 0 Å². The molecule has 0 aliphatic rings. The van der Waals surface area contributed by atoms with E-state index in [-0.39, 0.29) is 22.4 Å². The molecule has 2 aromatic rings. The summed E-state index contributed by atoms with van der Waals surface area (Å²) in [6, 6.07) is 8.35. The van der Waals surface area contributed by atoms with Gasteiger partial charge in [0.1, 0.15) is 17.3 Å². The molecule has 0 unspecified atom stereocenters. The van der Waals surface area contributed by atoms with Gasteiger partial charge in [0, 0.05) is 6.54 Å². The molecule has 0 saturated carbocycles. The number of rotatable bonds is 6. The van der Waals surface area contributed by atoms with Crippen LogP contribution in [0.25, 0.3) is 11.6 Å². The summed E-state index contributed by atoms with van der Waals surface area (Å²) in [5.41, 5.74) is 0.534. The Labute approximate surface area is 165 Å². The van der Waals surface area contributed by atoms with Gasteiger partial charge in [0.05, 0.1) is 17.2 Å². The van der Waals surface area contributed by atoms with Crippen LogP contribution < -0.4 is 14.8 Å². The topological polar surface area (TPSA) is 98.4 Å². The van der Waals surface area contributed by atoms with E-state index in [1.807, 2.05) is 6.07 Å². The smallest absolute Gasteiger partial charge is 0.352 e. The molecule has 0 amide bonds. The van der Waals surface area contributed by atoms with E-state index in [4.69, 9.17) is 4.74 Å². The van der Waals surface area contributed by atoms with Crippen LogP contribution in [0.2, 0.25) is 0 Å². The van der Waals surface area contributed by atoms with Crippen molar-refractivity contribution >= 4 is 34.9 Å². The van der Waals surface area contributed by atoms with Crippen LogP contribution in [0.4, 0.5) is 0 Å². The number of carbonyl (C=O) groups excluding carboxylic acids is 2. The third-order valence-electron chi connectivity index (χ3n) is 3.72. The van der Waals surface area contributed by atoms with Gasteiger partial charge in [-0.1, -0.05) is 24.8 Å². The third kappa shape index (κ3) is 4.45. The van der Waals surface area contributed by atoms with E-state index < -0.39 is 11.9 Å². The molecule has 8 heteroatoms. The minimum atomic E-state index is -0.806. The fraction of sp³-hybridized carbons (Fsp3) is 0.200. The Morgan fingerprint density at radius 2 is 2.00 bits per heavy atom. The van der Waals surface area contributed by atoms with Gasteiger partial charge in [-0.25, -0.2) is 9.59 Å². The number of hydrogen-bond acceptors (Lipinski definition) is 7. The normalized spacial score (nSPS) is 12.1. The lowest BCUT2D eigenvalue weighted by Gasteiger charge is -2.00. The number of methoxy groups -OCH3 is 1. The van der Waals surface area contributed by atoms with E-state index in [1.165, 1.54) is 17.8 Å². The van der Waals surface area contributed by atoms with Crippen molar-refractivity contribution in [2.75, 3.05) is 13.7 Å². The molecule has 0 saturated heterocycles. The fourth-order valence-electron chi connectivity index (χ4n) is 2.36. The van der Waals surface area contributed by atoms with Crippen molar-refractivity contribution in [3.05, 3.63) is 67.6 Å². The van der Waals surface area contributed by atoms with Crippen LogP contribution in [0.5, 0.6) is 0 Å². The predicted octanol–water partition coefficient (Wildman–Crippen LogP) is 0.949. The lowest BCUT2D eigenvalue weighted by molar-refractivity contribution is -0.135. The molecular weight excluding hydrogens is 380 g/mol. The highest BCUT2D eigenvalue weighted by molar-refractivity contribution is 7.07. The van der Waals surface area contributed by atoms with Crippen molar-refractivity contribution in [2.45, 2.75) is 13.5 Å². The van der Waals surface area contributed by atoms with E-state index >= 15 is 0 Å². The highest BCUT2D eigenvalue weighted by Gasteiger charge is 2.16. The number of nitriles is 1.